The summed E-state index contributed by atoms with van der Waals surface area (Å²) in [5.41, 5.74) is 2.06. The van der Waals surface area contributed by atoms with Gasteiger partial charge in [-0.2, -0.15) is 0 Å². The summed E-state index contributed by atoms with van der Waals surface area (Å²) in [7, 11) is 0. The van der Waals surface area contributed by atoms with Crippen LogP contribution in [0.2, 0.25) is 0 Å². The molecule has 0 aliphatic carbocycles. The van der Waals surface area contributed by atoms with Gasteiger partial charge in [-0.25, -0.2) is 0 Å². The summed E-state index contributed by atoms with van der Waals surface area (Å²) in [6, 6.07) is 3.77. The number of halogens is 1. The summed E-state index contributed by atoms with van der Waals surface area (Å²) in [5, 5.41) is 0.823. The Morgan fingerprint density at radius 2 is 2.45 bits per heavy atom. The second-order valence-corrected chi connectivity index (χ2v) is 2.70. The van der Waals surface area contributed by atoms with Gasteiger partial charge in [0.2, 0.25) is 0 Å². The van der Waals surface area contributed by atoms with Crippen molar-refractivity contribution in [1.29, 1.82) is 0 Å². The maximum Gasteiger partial charge on any atom is 0.0559 e. The van der Waals surface area contributed by atoms with Crippen LogP contribution in [0.3, 0.4) is 0 Å². The largest absolute Gasteiger partial charge is 0.261 e. The van der Waals surface area contributed by atoms with Crippen LogP contribution < -0.4 is 0 Å². The first-order valence-electron chi connectivity index (χ1n) is 3.70. The molecule has 0 bridgehead atoms. The molecule has 0 saturated heterocycles. The van der Waals surface area contributed by atoms with Gasteiger partial charge in [-0.1, -0.05) is 6.07 Å². The number of aromatic nitrogens is 1. The zero-order valence-corrected chi connectivity index (χ0v) is 6.13. The average molecular weight is 152 g/mol. The number of pyridine rings is 1. The number of rotatable bonds is 0. The molecule has 0 atom stereocenters. The van der Waals surface area contributed by atoms with Gasteiger partial charge in [-0.15, -0.1) is 9.60 Å². The minimum absolute atomic E-state index is 0.392. The summed E-state index contributed by atoms with van der Waals surface area (Å²) >= 11 is 0. The normalized spacial score (nSPS) is 17.9. The van der Waals surface area contributed by atoms with Crippen LogP contribution in [0.5, 0.6) is 0 Å². The van der Waals surface area contributed by atoms with Crippen molar-refractivity contribution >= 4 is 0 Å². The lowest BCUT2D eigenvalue weighted by Gasteiger charge is -2.19. The van der Waals surface area contributed by atoms with Crippen molar-refractivity contribution in [1.82, 2.24) is 10.1 Å². The van der Waals surface area contributed by atoms with Crippen LogP contribution in [0, 0.1) is 0 Å². The average Bonchev–Trinajstić information content (AvgIpc) is 2.04. The van der Waals surface area contributed by atoms with E-state index in [-0.39, 0.29) is 0 Å². The van der Waals surface area contributed by atoms with Crippen molar-refractivity contribution < 1.29 is 4.48 Å². The van der Waals surface area contributed by atoms with E-state index in [0.29, 0.717) is 13.1 Å². The van der Waals surface area contributed by atoms with E-state index in [1.54, 1.807) is 6.20 Å². The first kappa shape index (κ1) is 6.73. The first-order valence-corrected chi connectivity index (χ1v) is 3.70. The molecule has 1 aromatic heterocycles. The van der Waals surface area contributed by atoms with Crippen LogP contribution in [0.15, 0.2) is 18.3 Å². The highest BCUT2D eigenvalue weighted by atomic mass is 19.2. The maximum absolute atomic E-state index is 12.7. The van der Waals surface area contributed by atoms with E-state index >= 15 is 0 Å². The van der Waals surface area contributed by atoms with Gasteiger partial charge in [-0.3, -0.25) is 4.98 Å². The quantitative estimate of drug-likeness (QED) is 0.521. The first-order chi connectivity index (χ1) is 5.36. The molecule has 0 saturated carbocycles. The molecule has 58 valence electrons. The van der Waals surface area contributed by atoms with Crippen LogP contribution in [0.4, 0.5) is 4.48 Å². The van der Waals surface area contributed by atoms with Crippen molar-refractivity contribution in [2.45, 2.75) is 13.0 Å². The molecular weight excluding hydrogens is 143 g/mol. The van der Waals surface area contributed by atoms with Crippen molar-refractivity contribution in [2.24, 2.45) is 0 Å². The Bertz CT molecular complexity index is 262. The van der Waals surface area contributed by atoms with Crippen LogP contribution in [0.1, 0.15) is 11.3 Å². The Morgan fingerprint density at radius 3 is 3.36 bits per heavy atom. The fraction of sp³-hybridized carbons (Fsp3) is 0.375. The van der Waals surface area contributed by atoms with E-state index < -0.39 is 0 Å². The topological polar surface area (TPSA) is 16.1 Å². The van der Waals surface area contributed by atoms with Crippen LogP contribution >= 0.6 is 0 Å². The molecule has 3 heteroatoms. The Labute approximate surface area is 64.6 Å². The minimum Gasteiger partial charge on any atom is -0.261 e. The summed E-state index contributed by atoms with van der Waals surface area (Å²) in [5.74, 6) is 0. The lowest BCUT2D eigenvalue weighted by atomic mass is 10.1. The van der Waals surface area contributed by atoms with Gasteiger partial charge in [0, 0.05) is 24.9 Å². The molecule has 0 spiro atoms. The van der Waals surface area contributed by atoms with E-state index in [4.69, 9.17) is 0 Å². The predicted molar refractivity (Wildman–Crippen MR) is 39.5 cm³/mol. The number of hydrogen-bond donors (Lipinski definition) is 0. The van der Waals surface area contributed by atoms with Crippen molar-refractivity contribution in [3.63, 3.8) is 0 Å². The molecule has 0 radical (unpaired) electrons. The Morgan fingerprint density at radius 1 is 1.55 bits per heavy atom. The van der Waals surface area contributed by atoms with Gasteiger partial charge in [0.05, 0.1) is 6.54 Å². The fourth-order valence-corrected chi connectivity index (χ4v) is 1.33. The molecule has 0 amide bonds. The van der Waals surface area contributed by atoms with Crippen molar-refractivity contribution in [3.05, 3.63) is 29.6 Å². The number of fused-ring (bicyclic) bond motifs is 1. The summed E-state index contributed by atoms with van der Waals surface area (Å²) in [6.45, 7) is 0.868. The van der Waals surface area contributed by atoms with Gasteiger partial charge in [0.1, 0.15) is 0 Å². The summed E-state index contributed by atoms with van der Waals surface area (Å²) < 4.78 is 12.7. The smallest absolute Gasteiger partial charge is 0.0559 e. The molecule has 0 fully saturated rings. The molecule has 2 rings (SSSR count). The van der Waals surface area contributed by atoms with E-state index in [2.05, 4.69) is 4.98 Å². The fourth-order valence-electron chi connectivity index (χ4n) is 1.33. The van der Waals surface area contributed by atoms with Crippen molar-refractivity contribution in [3.8, 4) is 0 Å². The van der Waals surface area contributed by atoms with E-state index in [1.807, 2.05) is 12.1 Å². The summed E-state index contributed by atoms with van der Waals surface area (Å²) in [6.07, 6.45) is 2.49. The molecule has 1 aliphatic rings. The molecule has 2 nitrogen and oxygen atoms in total. The van der Waals surface area contributed by atoms with E-state index in [1.165, 1.54) is 0 Å². The lowest BCUT2D eigenvalue weighted by molar-refractivity contribution is 0.00964. The second kappa shape index (κ2) is 2.58. The monoisotopic (exact) mass is 152 g/mol. The number of hydrogen-bond acceptors (Lipinski definition) is 2. The van der Waals surface area contributed by atoms with Crippen LogP contribution in [0.25, 0.3) is 0 Å². The molecular formula is C8H9FN2. The Balaban J connectivity index is 2.34. The Hall–Kier alpha value is -0.960. The highest BCUT2D eigenvalue weighted by Gasteiger charge is 2.15. The third-order valence-electron chi connectivity index (χ3n) is 1.92. The zero-order chi connectivity index (χ0) is 7.68. The van der Waals surface area contributed by atoms with Gasteiger partial charge >= 0.3 is 0 Å². The highest BCUT2D eigenvalue weighted by molar-refractivity contribution is 5.21. The Kier molecular flexibility index (Phi) is 1.58. The SMILES string of the molecule is FN1CCc2ncccc2C1. The van der Waals surface area contributed by atoms with Gasteiger partial charge in [-0.05, 0) is 11.6 Å². The molecule has 0 unspecified atom stereocenters. The lowest BCUT2D eigenvalue weighted by Crippen LogP contribution is -2.23. The summed E-state index contributed by atoms with van der Waals surface area (Å²) in [4.78, 5) is 4.16. The standard InChI is InChI=1S/C8H9FN2/c9-11-5-3-8-7(6-11)2-1-4-10-8/h1-2,4H,3,5-6H2. The third-order valence-corrected chi connectivity index (χ3v) is 1.92. The highest BCUT2D eigenvalue weighted by Crippen LogP contribution is 2.15. The molecule has 1 aliphatic heterocycles. The van der Waals surface area contributed by atoms with Gasteiger partial charge in [0.15, 0.2) is 0 Å². The zero-order valence-electron chi connectivity index (χ0n) is 6.13. The third kappa shape index (κ3) is 1.24. The van der Waals surface area contributed by atoms with Gasteiger partial charge in [0.25, 0.3) is 0 Å². The van der Waals surface area contributed by atoms with E-state index in [9.17, 15) is 4.48 Å². The van der Waals surface area contributed by atoms with Crippen LogP contribution in [-0.2, 0) is 13.0 Å². The number of nitrogens with zero attached hydrogens (tertiary/aromatic N) is 2. The molecule has 1 aromatic rings. The van der Waals surface area contributed by atoms with Crippen molar-refractivity contribution in [2.75, 3.05) is 6.54 Å². The molecule has 2 heterocycles. The molecule has 11 heavy (non-hydrogen) atoms. The second-order valence-electron chi connectivity index (χ2n) is 2.70. The molecule has 0 aromatic carbocycles. The van der Waals surface area contributed by atoms with Crippen LogP contribution in [-0.4, -0.2) is 16.7 Å². The maximum atomic E-state index is 12.7. The van der Waals surface area contributed by atoms with E-state index in [0.717, 1.165) is 22.8 Å². The molecule has 0 N–H and O–H groups in total. The van der Waals surface area contributed by atoms with Gasteiger partial charge < -0.3 is 0 Å². The minimum atomic E-state index is 0.392. The predicted octanol–water partition coefficient (Wildman–Crippen LogP) is 1.32.